The molecule has 166 valence electrons. The molecule has 3 atom stereocenters. The van der Waals surface area contributed by atoms with Gasteiger partial charge in [-0.2, -0.15) is 13.2 Å². The van der Waals surface area contributed by atoms with Crippen molar-refractivity contribution in [3.8, 4) is 11.3 Å². The molecule has 2 aliphatic rings. The van der Waals surface area contributed by atoms with E-state index in [1.807, 2.05) is 6.92 Å². The SMILES string of the molecule is C[C@@H]1C[C@@H]1C(=O)NCCC(=O)N1CCC[C@H]1c1ncc(-c2cccc(C(F)(F)F)c2)[nH]1. The highest BCUT2D eigenvalue weighted by atomic mass is 19.4. The summed E-state index contributed by atoms with van der Waals surface area (Å²) < 4.78 is 39.0. The molecule has 6 nitrogen and oxygen atoms in total. The van der Waals surface area contributed by atoms with E-state index in [0.717, 1.165) is 31.4 Å². The maximum atomic E-state index is 13.0. The number of halogens is 3. The second-order valence-electron chi connectivity index (χ2n) is 8.37. The molecule has 0 radical (unpaired) electrons. The quantitative estimate of drug-likeness (QED) is 0.723. The van der Waals surface area contributed by atoms with Gasteiger partial charge in [0.1, 0.15) is 5.82 Å². The number of alkyl halides is 3. The van der Waals surface area contributed by atoms with Crippen molar-refractivity contribution in [3.63, 3.8) is 0 Å². The fourth-order valence-corrected chi connectivity index (χ4v) is 4.12. The average molecular weight is 434 g/mol. The number of aromatic amines is 1. The number of H-pyrrole nitrogens is 1. The van der Waals surface area contributed by atoms with Gasteiger partial charge in [-0.25, -0.2) is 4.98 Å². The molecule has 2 aromatic rings. The summed E-state index contributed by atoms with van der Waals surface area (Å²) in [6, 6.07) is 4.82. The smallest absolute Gasteiger partial charge is 0.355 e. The van der Waals surface area contributed by atoms with Crippen LogP contribution in [0, 0.1) is 11.8 Å². The molecule has 1 aliphatic carbocycles. The molecule has 1 saturated carbocycles. The third-order valence-electron chi connectivity index (χ3n) is 6.07. The standard InChI is InChI=1S/C22H25F3N4O2/c1-13-10-16(13)21(31)26-8-7-19(30)29-9-3-6-18(29)20-27-12-17(28-20)14-4-2-5-15(11-14)22(23,24)25/h2,4-5,11-13,16,18H,3,6-10H2,1H3,(H,26,31)(H,27,28)/t13-,16+,18+/m1/s1. The van der Waals surface area contributed by atoms with Crippen LogP contribution < -0.4 is 5.32 Å². The molecule has 0 bridgehead atoms. The number of likely N-dealkylation sites (tertiary alicyclic amines) is 1. The van der Waals surface area contributed by atoms with Gasteiger partial charge in [0.25, 0.3) is 0 Å². The highest BCUT2D eigenvalue weighted by Gasteiger charge is 2.39. The van der Waals surface area contributed by atoms with Gasteiger partial charge in [-0.15, -0.1) is 0 Å². The molecule has 2 heterocycles. The zero-order valence-corrected chi connectivity index (χ0v) is 17.2. The van der Waals surface area contributed by atoms with Crippen molar-refractivity contribution in [2.24, 2.45) is 11.8 Å². The molecule has 0 unspecified atom stereocenters. The van der Waals surface area contributed by atoms with Crippen LogP contribution in [0.4, 0.5) is 13.2 Å². The molecule has 2 amide bonds. The molecule has 1 aromatic heterocycles. The highest BCUT2D eigenvalue weighted by Crippen LogP contribution is 2.37. The van der Waals surface area contributed by atoms with E-state index in [-0.39, 0.29) is 30.2 Å². The Labute approximate surface area is 178 Å². The lowest BCUT2D eigenvalue weighted by atomic mass is 10.1. The largest absolute Gasteiger partial charge is 0.416 e. The predicted molar refractivity (Wildman–Crippen MR) is 108 cm³/mol. The van der Waals surface area contributed by atoms with E-state index in [0.29, 0.717) is 36.1 Å². The molecular formula is C22H25F3N4O2. The minimum Gasteiger partial charge on any atom is -0.355 e. The summed E-state index contributed by atoms with van der Waals surface area (Å²) in [4.78, 5) is 33.8. The van der Waals surface area contributed by atoms with Crippen molar-refractivity contribution in [2.45, 2.75) is 44.8 Å². The number of aromatic nitrogens is 2. The van der Waals surface area contributed by atoms with Crippen LogP contribution >= 0.6 is 0 Å². The molecule has 0 spiro atoms. The second kappa shape index (κ2) is 8.36. The number of nitrogens with zero attached hydrogens (tertiary/aromatic N) is 2. The van der Waals surface area contributed by atoms with Crippen molar-refractivity contribution in [3.05, 3.63) is 41.9 Å². The lowest BCUT2D eigenvalue weighted by Gasteiger charge is -2.23. The summed E-state index contributed by atoms with van der Waals surface area (Å²) in [7, 11) is 0. The van der Waals surface area contributed by atoms with Crippen molar-refractivity contribution in [1.82, 2.24) is 20.2 Å². The zero-order chi connectivity index (χ0) is 22.2. The van der Waals surface area contributed by atoms with Crippen molar-refractivity contribution in [1.29, 1.82) is 0 Å². The summed E-state index contributed by atoms with van der Waals surface area (Å²) in [6.07, 6.45) is -0.246. The molecule has 4 rings (SSSR count). The first-order valence-electron chi connectivity index (χ1n) is 10.5. The molecule has 9 heteroatoms. The van der Waals surface area contributed by atoms with Gasteiger partial charge in [-0.1, -0.05) is 19.1 Å². The Morgan fingerprint density at radius 2 is 2.10 bits per heavy atom. The van der Waals surface area contributed by atoms with E-state index in [9.17, 15) is 22.8 Å². The molecule has 31 heavy (non-hydrogen) atoms. The zero-order valence-electron chi connectivity index (χ0n) is 17.2. The highest BCUT2D eigenvalue weighted by molar-refractivity contribution is 5.82. The van der Waals surface area contributed by atoms with E-state index in [4.69, 9.17) is 0 Å². The number of nitrogens with one attached hydrogen (secondary N) is 2. The van der Waals surface area contributed by atoms with Crippen LogP contribution in [0.2, 0.25) is 0 Å². The van der Waals surface area contributed by atoms with Crippen LogP contribution in [0.5, 0.6) is 0 Å². The van der Waals surface area contributed by atoms with Crippen LogP contribution in [0.1, 0.15) is 50.0 Å². The Balaban J connectivity index is 1.39. The van der Waals surface area contributed by atoms with E-state index < -0.39 is 11.7 Å². The maximum absolute atomic E-state index is 13.0. The van der Waals surface area contributed by atoms with Gasteiger partial charge in [0.2, 0.25) is 11.8 Å². The lowest BCUT2D eigenvalue weighted by Crippen LogP contribution is -2.35. The Hall–Kier alpha value is -2.84. The molecule has 1 aliphatic heterocycles. The number of benzene rings is 1. The van der Waals surface area contributed by atoms with E-state index in [2.05, 4.69) is 15.3 Å². The molecule has 2 fully saturated rings. The molecule has 1 saturated heterocycles. The first-order chi connectivity index (χ1) is 14.7. The summed E-state index contributed by atoms with van der Waals surface area (Å²) in [5.41, 5.74) is 0.147. The number of carbonyl (C=O) groups excluding carboxylic acids is 2. The second-order valence-corrected chi connectivity index (χ2v) is 8.37. The summed E-state index contributed by atoms with van der Waals surface area (Å²) in [6.45, 7) is 2.93. The Bertz CT molecular complexity index is 972. The Morgan fingerprint density at radius 3 is 2.81 bits per heavy atom. The van der Waals surface area contributed by atoms with Gasteiger partial charge in [-0.3, -0.25) is 9.59 Å². The van der Waals surface area contributed by atoms with E-state index in [1.54, 1.807) is 11.0 Å². The number of imidazole rings is 1. The minimum absolute atomic E-state index is 0.00929. The maximum Gasteiger partial charge on any atom is 0.416 e. The fraction of sp³-hybridized carbons (Fsp3) is 0.500. The number of hydrogen-bond acceptors (Lipinski definition) is 3. The molecular weight excluding hydrogens is 409 g/mol. The van der Waals surface area contributed by atoms with E-state index >= 15 is 0 Å². The van der Waals surface area contributed by atoms with Crippen LogP contribution in [-0.2, 0) is 15.8 Å². The van der Waals surface area contributed by atoms with Gasteiger partial charge in [0.05, 0.1) is 23.5 Å². The van der Waals surface area contributed by atoms with Gasteiger partial charge in [-0.05, 0) is 37.3 Å². The minimum atomic E-state index is -4.42. The average Bonchev–Trinajstić information content (AvgIpc) is 3.13. The van der Waals surface area contributed by atoms with Crippen LogP contribution in [0.15, 0.2) is 30.5 Å². The Morgan fingerprint density at radius 1 is 1.32 bits per heavy atom. The number of carbonyl (C=O) groups is 2. The topological polar surface area (TPSA) is 78.1 Å². The van der Waals surface area contributed by atoms with Crippen LogP contribution in [0.3, 0.4) is 0 Å². The van der Waals surface area contributed by atoms with Gasteiger partial charge < -0.3 is 15.2 Å². The van der Waals surface area contributed by atoms with Crippen molar-refractivity contribution < 1.29 is 22.8 Å². The lowest BCUT2D eigenvalue weighted by molar-refractivity contribution is -0.137. The van der Waals surface area contributed by atoms with Crippen molar-refractivity contribution >= 4 is 11.8 Å². The predicted octanol–water partition coefficient (Wildman–Crippen LogP) is 3.92. The van der Waals surface area contributed by atoms with Gasteiger partial charge in [0, 0.05) is 31.0 Å². The van der Waals surface area contributed by atoms with Crippen LogP contribution in [-0.4, -0.2) is 39.8 Å². The van der Waals surface area contributed by atoms with Crippen molar-refractivity contribution in [2.75, 3.05) is 13.1 Å². The first kappa shape index (κ1) is 21.4. The summed E-state index contributed by atoms with van der Waals surface area (Å²) in [5.74, 6) is 1.00. The number of rotatable bonds is 6. The van der Waals surface area contributed by atoms with Gasteiger partial charge in [0.15, 0.2) is 0 Å². The van der Waals surface area contributed by atoms with Crippen LogP contribution in [0.25, 0.3) is 11.3 Å². The molecule has 2 N–H and O–H groups in total. The normalized spacial score (nSPS) is 23.1. The Kier molecular flexibility index (Phi) is 5.77. The van der Waals surface area contributed by atoms with Gasteiger partial charge >= 0.3 is 6.18 Å². The molecule has 1 aromatic carbocycles. The number of hydrogen-bond donors (Lipinski definition) is 2. The fourth-order valence-electron chi connectivity index (χ4n) is 4.12. The summed E-state index contributed by atoms with van der Waals surface area (Å²) in [5, 5.41) is 2.83. The monoisotopic (exact) mass is 434 g/mol. The third kappa shape index (κ3) is 4.75. The van der Waals surface area contributed by atoms with E-state index in [1.165, 1.54) is 12.3 Å². The third-order valence-corrected chi connectivity index (χ3v) is 6.07. The first-order valence-corrected chi connectivity index (χ1v) is 10.5. The summed E-state index contributed by atoms with van der Waals surface area (Å²) >= 11 is 0. The number of amides is 2.